The molecule has 2 aromatic rings. The molecule has 1 saturated heterocycles. The summed E-state index contributed by atoms with van der Waals surface area (Å²) in [5, 5.41) is 4.51. The van der Waals surface area contributed by atoms with Crippen molar-refractivity contribution in [2.75, 3.05) is 19.6 Å². The highest BCUT2D eigenvalue weighted by molar-refractivity contribution is 7.13. The van der Waals surface area contributed by atoms with Crippen molar-refractivity contribution in [1.29, 1.82) is 0 Å². The van der Waals surface area contributed by atoms with Crippen molar-refractivity contribution in [3.63, 3.8) is 0 Å². The fourth-order valence-electron chi connectivity index (χ4n) is 3.87. The number of hydrogen-bond acceptors (Lipinski definition) is 3. The quantitative estimate of drug-likeness (QED) is 0.482. The molecule has 1 aliphatic rings. The van der Waals surface area contributed by atoms with Gasteiger partial charge >= 0.3 is 0 Å². The smallest absolute Gasteiger partial charge is 0.261 e. The fraction of sp³-hybridized carbons (Fsp3) is 0.522. The van der Waals surface area contributed by atoms with Gasteiger partial charge in [0.1, 0.15) is 0 Å². The Bertz CT molecular complexity index is 832. The summed E-state index contributed by atoms with van der Waals surface area (Å²) < 4.78 is 0. The van der Waals surface area contributed by atoms with E-state index in [1.54, 1.807) is 11.3 Å². The van der Waals surface area contributed by atoms with Crippen molar-refractivity contribution < 1.29 is 4.79 Å². The number of piperidine rings is 1. The maximum atomic E-state index is 12.6. The minimum atomic E-state index is 0. The predicted molar refractivity (Wildman–Crippen MR) is 132 cm³/mol. The van der Waals surface area contributed by atoms with E-state index < -0.39 is 0 Å². The summed E-state index contributed by atoms with van der Waals surface area (Å²) in [5.41, 5.74) is 1.26. The predicted octanol–water partition coefficient (Wildman–Crippen LogP) is 6.49. The number of aryl methyl sites for hydroxylation is 1. The number of hydrogen-bond donors (Lipinski definition) is 1. The standard InChI is InChI=1S/C23H30Cl2N2OS.ClH/c1-15(2)21(26-23(28)22-7-4-16(3)29-22)14-27-10-8-17(9-11-27)12-18-5-6-19(24)20(25)13-18;/h4-7,13,15,17,21H,8-12,14H2,1-3H3,(H,26,28);1H. The summed E-state index contributed by atoms with van der Waals surface area (Å²) >= 11 is 13.7. The molecular weight excluding hydrogens is 459 g/mol. The maximum Gasteiger partial charge on any atom is 0.261 e. The third-order valence-corrected chi connectivity index (χ3v) is 7.49. The summed E-state index contributed by atoms with van der Waals surface area (Å²) in [5.74, 6) is 1.12. The molecule has 0 aliphatic carbocycles. The number of amides is 1. The number of thiophene rings is 1. The van der Waals surface area contributed by atoms with Crippen LogP contribution in [-0.2, 0) is 6.42 Å². The number of nitrogens with zero attached hydrogens (tertiary/aromatic N) is 1. The molecule has 1 atom stereocenters. The van der Waals surface area contributed by atoms with Gasteiger partial charge in [-0.05, 0) is 80.9 Å². The van der Waals surface area contributed by atoms with Gasteiger partial charge in [-0.15, -0.1) is 23.7 Å². The van der Waals surface area contributed by atoms with Gasteiger partial charge in [-0.1, -0.05) is 43.1 Å². The van der Waals surface area contributed by atoms with Crippen LogP contribution in [0.5, 0.6) is 0 Å². The average Bonchev–Trinajstić information content (AvgIpc) is 3.12. The minimum Gasteiger partial charge on any atom is -0.347 e. The van der Waals surface area contributed by atoms with Crippen molar-refractivity contribution in [3.05, 3.63) is 55.7 Å². The number of halogens is 3. The van der Waals surface area contributed by atoms with E-state index in [1.807, 2.05) is 31.2 Å². The van der Waals surface area contributed by atoms with Crippen LogP contribution in [0.1, 0.15) is 46.8 Å². The van der Waals surface area contributed by atoms with Crippen molar-refractivity contribution in [3.8, 4) is 0 Å². The Morgan fingerprint density at radius 2 is 1.87 bits per heavy atom. The Morgan fingerprint density at radius 1 is 1.17 bits per heavy atom. The lowest BCUT2D eigenvalue weighted by atomic mass is 9.89. The van der Waals surface area contributed by atoms with E-state index in [4.69, 9.17) is 23.2 Å². The molecule has 3 rings (SSSR count). The molecule has 1 aliphatic heterocycles. The number of rotatable bonds is 7. The van der Waals surface area contributed by atoms with Crippen molar-refractivity contribution in [1.82, 2.24) is 10.2 Å². The molecule has 2 heterocycles. The van der Waals surface area contributed by atoms with E-state index in [0.29, 0.717) is 21.9 Å². The molecule has 1 unspecified atom stereocenters. The molecular formula is C23H31Cl3N2OS. The Kier molecular flexibility index (Phi) is 9.96. The Morgan fingerprint density at radius 3 is 2.43 bits per heavy atom. The molecule has 7 heteroatoms. The van der Waals surface area contributed by atoms with Crippen LogP contribution >= 0.6 is 46.9 Å². The van der Waals surface area contributed by atoms with Crippen LogP contribution in [0.25, 0.3) is 0 Å². The van der Waals surface area contributed by atoms with Gasteiger partial charge in [-0.25, -0.2) is 0 Å². The highest BCUT2D eigenvalue weighted by atomic mass is 35.5. The van der Waals surface area contributed by atoms with Crippen molar-refractivity contribution in [2.24, 2.45) is 11.8 Å². The lowest BCUT2D eigenvalue weighted by molar-refractivity contribution is 0.0897. The first-order valence-electron chi connectivity index (χ1n) is 10.4. The second-order valence-electron chi connectivity index (χ2n) is 8.43. The van der Waals surface area contributed by atoms with Gasteiger partial charge in [0.25, 0.3) is 5.91 Å². The number of benzene rings is 1. The molecule has 1 aromatic heterocycles. The Balaban J connectivity index is 0.00000320. The monoisotopic (exact) mass is 488 g/mol. The van der Waals surface area contributed by atoms with E-state index in [2.05, 4.69) is 30.1 Å². The average molecular weight is 490 g/mol. The zero-order valence-corrected chi connectivity index (χ0v) is 20.9. The number of carbonyl (C=O) groups is 1. The number of carbonyl (C=O) groups excluding carboxylic acids is 1. The first kappa shape index (κ1) is 25.5. The van der Waals surface area contributed by atoms with Crippen molar-refractivity contribution in [2.45, 2.75) is 46.1 Å². The molecule has 0 spiro atoms. The topological polar surface area (TPSA) is 32.3 Å². The van der Waals surface area contributed by atoms with Gasteiger partial charge in [0.05, 0.1) is 14.9 Å². The first-order chi connectivity index (χ1) is 13.8. The lowest BCUT2D eigenvalue weighted by Gasteiger charge is -2.35. The van der Waals surface area contributed by atoms with Crippen molar-refractivity contribution >= 4 is 52.9 Å². The number of likely N-dealkylation sites (tertiary alicyclic amines) is 1. The summed E-state index contributed by atoms with van der Waals surface area (Å²) in [6.07, 6.45) is 3.39. The summed E-state index contributed by atoms with van der Waals surface area (Å²) in [6, 6.07) is 10.0. The van der Waals surface area contributed by atoms with Gasteiger partial charge in [0.15, 0.2) is 0 Å². The number of nitrogens with one attached hydrogen (secondary N) is 1. The molecule has 3 nitrogen and oxygen atoms in total. The summed E-state index contributed by atoms with van der Waals surface area (Å²) in [6.45, 7) is 9.45. The van der Waals surface area contributed by atoms with E-state index in [0.717, 1.165) is 30.9 Å². The van der Waals surface area contributed by atoms with Gasteiger partial charge in [-0.2, -0.15) is 0 Å². The maximum absolute atomic E-state index is 12.6. The Labute approximate surface area is 200 Å². The fourth-order valence-corrected chi connectivity index (χ4v) is 4.96. The third kappa shape index (κ3) is 7.13. The van der Waals surface area contributed by atoms with Gasteiger partial charge < -0.3 is 10.2 Å². The van der Waals surface area contributed by atoms with Gasteiger partial charge in [-0.3, -0.25) is 4.79 Å². The lowest BCUT2D eigenvalue weighted by Crippen LogP contribution is -2.48. The normalized spacial score (nSPS) is 16.3. The molecule has 1 aromatic carbocycles. The van der Waals surface area contributed by atoms with Gasteiger partial charge in [0, 0.05) is 17.5 Å². The molecule has 30 heavy (non-hydrogen) atoms. The second kappa shape index (κ2) is 11.7. The van der Waals surface area contributed by atoms with Crippen LogP contribution in [0.15, 0.2) is 30.3 Å². The van der Waals surface area contributed by atoms with E-state index in [9.17, 15) is 4.79 Å². The SMILES string of the molecule is Cc1ccc(C(=O)NC(CN2CCC(Cc3ccc(Cl)c(Cl)c3)CC2)C(C)C)s1.Cl. The van der Waals surface area contributed by atoms with E-state index in [-0.39, 0.29) is 24.4 Å². The third-order valence-electron chi connectivity index (χ3n) is 5.76. The van der Waals surface area contributed by atoms with Gasteiger partial charge in [0.2, 0.25) is 0 Å². The molecule has 0 radical (unpaired) electrons. The van der Waals surface area contributed by atoms with E-state index >= 15 is 0 Å². The zero-order valence-electron chi connectivity index (χ0n) is 17.8. The highest BCUT2D eigenvalue weighted by Crippen LogP contribution is 2.27. The highest BCUT2D eigenvalue weighted by Gasteiger charge is 2.25. The molecule has 0 saturated carbocycles. The van der Waals surface area contributed by atoms with Crippen LogP contribution in [0.2, 0.25) is 10.0 Å². The Hall–Kier alpha value is -0.780. The van der Waals surface area contributed by atoms with Crippen LogP contribution in [0.4, 0.5) is 0 Å². The minimum absolute atomic E-state index is 0. The van der Waals surface area contributed by atoms with Crippen LogP contribution < -0.4 is 5.32 Å². The molecule has 166 valence electrons. The second-order valence-corrected chi connectivity index (χ2v) is 10.5. The van der Waals surface area contributed by atoms with Crippen LogP contribution in [-0.4, -0.2) is 36.5 Å². The first-order valence-corrected chi connectivity index (χ1v) is 11.9. The van der Waals surface area contributed by atoms with Crippen LogP contribution in [0.3, 0.4) is 0 Å². The molecule has 1 N–H and O–H groups in total. The summed E-state index contributed by atoms with van der Waals surface area (Å²) in [7, 11) is 0. The summed E-state index contributed by atoms with van der Waals surface area (Å²) in [4.78, 5) is 17.0. The molecule has 1 fully saturated rings. The molecule has 0 bridgehead atoms. The molecule has 1 amide bonds. The zero-order chi connectivity index (χ0) is 21.0. The largest absolute Gasteiger partial charge is 0.347 e. The van der Waals surface area contributed by atoms with E-state index in [1.165, 1.54) is 23.3 Å². The van der Waals surface area contributed by atoms with Crippen LogP contribution in [0, 0.1) is 18.8 Å².